The van der Waals surface area contributed by atoms with Crippen LogP contribution in [0.15, 0.2) is 73.1 Å². The standard InChI is InChI=1S/C33H34N4O5/c1-22-8-3-14-30(23(22)2)42-17-7-15-31(38)37-16-6-12-28-27(11-5-13-29(28)37)25-19-34-36(21-25)20-24-9-4-10-26(18-24)35-32(39)33(40)41/h3-5,8-11,13-14,18-19,21H,6-7,12,15-17,20H2,1-2H3,(H,35,39)(H,40,41). The van der Waals surface area contributed by atoms with Gasteiger partial charge in [-0.25, -0.2) is 4.79 Å². The number of nitrogens with one attached hydrogen (secondary N) is 1. The molecule has 0 saturated carbocycles. The quantitative estimate of drug-likeness (QED) is 0.208. The number of aromatic nitrogens is 2. The number of carboxylic acids is 1. The molecule has 0 bridgehead atoms. The van der Waals surface area contributed by atoms with E-state index in [-0.39, 0.29) is 5.91 Å². The van der Waals surface area contributed by atoms with Gasteiger partial charge in [-0.1, -0.05) is 36.4 Å². The Morgan fingerprint density at radius 2 is 1.86 bits per heavy atom. The van der Waals surface area contributed by atoms with Crippen molar-refractivity contribution in [1.29, 1.82) is 0 Å². The van der Waals surface area contributed by atoms with Crippen molar-refractivity contribution in [2.24, 2.45) is 0 Å². The number of benzene rings is 3. The van der Waals surface area contributed by atoms with Crippen LogP contribution in [0, 0.1) is 13.8 Å². The summed E-state index contributed by atoms with van der Waals surface area (Å²) >= 11 is 0. The summed E-state index contributed by atoms with van der Waals surface area (Å²) in [6.45, 7) is 5.74. The highest BCUT2D eigenvalue weighted by molar-refractivity contribution is 6.36. The van der Waals surface area contributed by atoms with Gasteiger partial charge in [-0.3, -0.25) is 14.3 Å². The first-order chi connectivity index (χ1) is 20.3. The van der Waals surface area contributed by atoms with Crippen LogP contribution in [0.2, 0.25) is 0 Å². The zero-order valence-electron chi connectivity index (χ0n) is 23.8. The summed E-state index contributed by atoms with van der Waals surface area (Å²) < 4.78 is 7.76. The van der Waals surface area contributed by atoms with Gasteiger partial charge in [0.2, 0.25) is 5.91 Å². The third-order valence-corrected chi connectivity index (χ3v) is 7.57. The molecule has 216 valence electrons. The molecule has 0 spiro atoms. The Labute approximate surface area is 244 Å². The summed E-state index contributed by atoms with van der Waals surface area (Å²) in [5.41, 5.74) is 7.69. The molecule has 0 atom stereocenters. The van der Waals surface area contributed by atoms with Gasteiger partial charge in [0.25, 0.3) is 0 Å². The van der Waals surface area contributed by atoms with E-state index in [1.54, 1.807) is 22.9 Å². The number of carbonyl (C=O) groups is 3. The molecule has 2 N–H and O–H groups in total. The molecule has 0 saturated heterocycles. The minimum atomic E-state index is -1.54. The SMILES string of the molecule is Cc1cccc(OCCCC(=O)N2CCCc3c(-c4cnn(Cc5cccc(NC(=O)C(=O)O)c5)c4)cccc32)c1C. The minimum absolute atomic E-state index is 0.100. The van der Waals surface area contributed by atoms with E-state index in [1.165, 1.54) is 5.56 Å². The van der Waals surface area contributed by atoms with Gasteiger partial charge in [-0.15, -0.1) is 0 Å². The number of fused-ring (bicyclic) bond motifs is 1. The Hall–Kier alpha value is -4.92. The third kappa shape index (κ3) is 6.52. The predicted molar refractivity (Wildman–Crippen MR) is 161 cm³/mol. The molecule has 2 heterocycles. The monoisotopic (exact) mass is 566 g/mol. The lowest BCUT2D eigenvalue weighted by Gasteiger charge is -2.31. The molecular formula is C33H34N4O5. The van der Waals surface area contributed by atoms with Gasteiger partial charge in [0, 0.05) is 36.1 Å². The van der Waals surface area contributed by atoms with E-state index in [2.05, 4.69) is 29.5 Å². The first kappa shape index (κ1) is 28.6. The lowest BCUT2D eigenvalue weighted by atomic mass is 9.93. The Morgan fingerprint density at radius 3 is 2.69 bits per heavy atom. The summed E-state index contributed by atoms with van der Waals surface area (Å²) in [7, 11) is 0. The second-order valence-electron chi connectivity index (χ2n) is 10.5. The molecule has 9 nitrogen and oxygen atoms in total. The Morgan fingerprint density at radius 1 is 1.05 bits per heavy atom. The number of rotatable bonds is 9. The van der Waals surface area contributed by atoms with Gasteiger partial charge in [0.1, 0.15) is 5.75 Å². The molecule has 2 amide bonds. The summed E-state index contributed by atoms with van der Waals surface area (Å²) in [4.78, 5) is 37.5. The number of carboxylic acid groups (broad SMARTS) is 1. The maximum Gasteiger partial charge on any atom is 0.394 e. The van der Waals surface area contributed by atoms with E-state index in [4.69, 9.17) is 9.84 Å². The second kappa shape index (κ2) is 12.7. The van der Waals surface area contributed by atoms with E-state index < -0.39 is 11.9 Å². The van der Waals surface area contributed by atoms with Crippen molar-refractivity contribution < 1.29 is 24.2 Å². The van der Waals surface area contributed by atoms with Crippen molar-refractivity contribution in [3.63, 3.8) is 0 Å². The van der Waals surface area contributed by atoms with Gasteiger partial charge in [0.15, 0.2) is 0 Å². The van der Waals surface area contributed by atoms with E-state index >= 15 is 0 Å². The molecule has 0 radical (unpaired) electrons. The van der Waals surface area contributed by atoms with E-state index in [0.717, 1.165) is 52.1 Å². The molecule has 0 aliphatic carbocycles. The predicted octanol–water partition coefficient (Wildman–Crippen LogP) is 5.38. The van der Waals surface area contributed by atoms with Crippen LogP contribution in [0.3, 0.4) is 0 Å². The van der Waals surface area contributed by atoms with Crippen LogP contribution in [0.25, 0.3) is 11.1 Å². The molecule has 1 aliphatic rings. The van der Waals surface area contributed by atoms with Crippen LogP contribution in [0.1, 0.15) is 41.5 Å². The molecule has 3 aromatic carbocycles. The number of nitrogens with zero attached hydrogens (tertiary/aromatic N) is 3. The van der Waals surface area contributed by atoms with Gasteiger partial charge in [0.05, 0.1) is 19.3 Å². The normalized spacial score (nSPS) is 12.5. The van der Waals surface area contributed by atoms with Crippen molar-refractivity contribution in [3.05, 3.63) is 95.3 Å². The van der Waals surface area contributed by atoms with Crippen molar-refractivity contribution in [3.8, 4) is 16.9 Å². The highest BCUT2D eigenvalue weighted by Gasteiger charge is 2.25. The molecule has 1 aromatic heterocycles. The second-order valence-corrected chi connectivity index (χ2v) is 10.5. The number of amides is 2. The summed E-state index contributed by atoms with van der Waals surface area (Å²) in [5, 5.41) is 15.7. The van der Waals surface area contributed by atoms with Gasteiger partial charge in [-0.05, 0) is 85.2 Å². The van der Waals surface area contributed by atoms with E-state index in [1.807, 2.05) is 54.5 Å². The van der Waals surface area contributed by atoms with Crippen LogP contribution in [-0.4, -0.2) is 45.8 Å². The molecule has 5 rings (SSSR count). The van der Waals surface area contributed by atoms with Crippen LogP contribution in [-0.2, 0) is 27.3 Å². The Balaban J connectivity index is 1.24. The maximum atomic E-state index is 13.3. The number of carbonyl (C=O) groups excluding carboxylic acids is 2. The summed E-state index contributed by atoms with van der Waals surface area (Å²) in [5.74, 6) is -1.65. The lowest BCUT2D eigenvalue weighted by Crippen LogP contribution is -2.35. The largest absolute Gasteiger partial charge is 0.493 e. The fourth-order valence-electron chi connectivity index (χ4n) is 5.28. The zero-order valence-corrected chi connectivity index (χ0v) is 23.8. The highest BCUT2D eigenvalue weighted by Crippen LogP contribution is 2.36. The molecule has 9 heteroatoms. The Bertz CT molecular complexity index is 1630. The van der Waals surface area contributed by atoms with Crippen LogP contribution < -0.4 is 15.0 Å². The number of aryl methyl sites for hydroxylation is 1. The van der Waals surface area contributed by atoms with Crippen LogP contribution in [0.5, 0.6) is 5.75 Å². The van der Waals surface area contributed by atoms with Gasteiger partial charge < -0.3 is 20.1 Å². The van der Waals surface area contributed by atoms with Crippen LogP contribution in [0.4, 0.5) is 11.4 Å². The lowest BCUT2D eigenvalue weighted by molar-refractivity contribution is -0.147. The molecular weight excluding hydrogens is 532 g/mol. The minimum Gasteiger partial charge on any atom is -0.493 e. The number of aliphatic carboxylic acids is 1. The molecule has 1 aliphatic heterocycles. The van der Waals surface area contributed by atoms with Crippen molar-refractivity contribution in [2.75, 3.05) is 23.4 Å². The first-order valence-corrected chi connectivity index (χ1v) is 14.1. The molecule has 0 fully saturated rings. The number of hydrogen-bond acceptors (Lipinski definition) is 5. The Kier molecular flexibility index (Phi) is 8.66. The van der Waals surface area contributed by atoms with Gasteiger partial charge >= 0.3 is 11.9 Å². The number of hydrogen-bond donors (Lipinski definition) is 2. The van der Waals surface area contributed by atoms with Crippen molar-refractivity contribution >= 4 is 29.2 Å². The highest BCUT2D eigenvalue weighted by atomic mass is 16.5. The average molecular weight is 567 g/mol. The molecule has 4 aromatic rings. The zero-order chi connectivity index (χ0) is 29.6. The van der Waals surface area contributed by atoms with Crippen LogP contribution >= 0.6 is 0 Å². The smallest absolute Gasteiger partial charge is 0.394 e. The molecule has 0 unspecified atom stereocenters. The fourth-order valence-corrected chi connectivity index (χ4v) is 5.28. The van der Waals surface area contributed by atoms with E-state index in [0.29, 0.717) is 38.2 Å². The van der Waals surface area contributed by atoms with Gasteiger partial charge in [-0.2, -0.15) is 5.10 Å². The number of ether oxygens (including phenoxy) is 1. The third-order valence-electron chi connectivity index (χ3n) is 7.57. The summed E-state index contributed by atoms with van der Waals surface area (Å²) in [6.07, 6.45) is 6.60. The first-order valence-electron chi connectivity index (χ1n) is 14.1. The fraction of sp³-hybridized carbons (Fsp3) is 0.273. The summed E-state index contributed by atoms with van der Waals surface area (Å²) in [6, 6.07) is 19.1. The topological polar surface area (TPSA) is 114 Å². The average Bonchev–Trinajstić information content (AvgIpc) is 3.44. The van der Waals surface area contributed by atoms with Crippen molar-refractivity contribution in [1.82, 2.24) is 9.78 Å². The molecule has 42 heavy (non-hydrogen) atoms. The number of anilines is 2. The maximum absolute atomic E-state index is 13.3. The van der Waals surface area contributed by atoms with E-state index in [9.17, 15) is 14.4 Å². The van der Waals surface area contributed by atoms with Crippen molar-refractivity contribution in [2.45, 2.75) is 46.1 Å².